The highest BCUT2D eigenvalue weighted by molar-refractivity contribution is 6.06. The molecule has 96 valence electrons. The van der Waals surface area contributed by atoms with Crippen LogP contribution in [0.1, 0.15) is 23.7 Å². The first-order valence-corrected chi connectivity index (χ1v) is 6.13. The van der Waals surface area contributed by atoms with Crippen LogP contribution in [0.25, 0.3) is 10.9 Å². The summed E-state index contributed by atoms with van der Waals surface area (Å²) in [6.45, 7) is 2.17. The van der Waals surface area contributed by atoms with Gasteiger partial charge in [-0.2, -0.15) is 0 Å². The van der Waals surface area contributed by atoms with E-state index >= 15 is 0 Å². The minimum absolute atomic E-state index is 0.140. The summed E-state index contributed by atoms with van der Waals surface area (Å²) in [5, 5.41) is 13.1. The molecule has 2 aromatic rings. The molecule has 0 bridgehead atoms. The van der Waals surface area contributed by atoms with Crippen molar-refractivity contribution in [2.75, 3.05) is 6.54 Å². The number of aliphatic hydroxyl groups excluding tert-OH is 1. The Morgan fingerprint density at radius 3 is 2.89 bits per heavy atom. The van der Waals surface area contributed by atoms with E-state index in [9.17, 15) is 9.90 Å². The minimum Gasteiger partial charge on any atom is -0.391 e. The van der Waals surface area contributed by atoms with Gasteiger partial charge in [-0.25, -0.2) is 0 Å². The summed E-state index contributed by atoms with van der Waals surface area (Å²) in [6.07, 6.45) is 1.97. The maximum Gasteiger partial charge on any atom is 0.253 e. The minimum atomic E-state index is -0.482. The molecule has 4 nitrogen and oxygen atoms in total. The number of nitrogens with one attached hydrogen (secondary N) is 1. The van der Waals surface area contributed by atoms with Crippen molar-refractivity contribution in [2.24, 2.45) is 7.05 Å². The molecule has 1 atom stereocenters. The Labute approximate surface area is 106 Å². The van der Waals surface area contributed by atoms with Crippen LogP contribution in [0, 0.1) is 0 Å². The van der Waals surface area contributed by atoms with E-state index in [0.29, 0.717) is 18.5 Å². The van der Waals surface area contributed by atoms with Crippen LogP contribution < -0.4 is 5.32 Å². The number of benzene rings is 1. The summed E-state index contributed by atoms with van der Waals surface area (Å²) in [5.74, 6) is -0.140. The predicted molar refractivity (Wildman–Crippen MR) is 71.6 cm³/mol. The summed E-state index contributed by atoms with van der Waals surface area (Å²) in [7, 11) is 1.92. The Bertz CT molecular complexity index is 560. The average molecular weight is 246 g/mol. The van der Waals surface area contributed by atoms with E-state index in [1.54, 1.807) is 0 Å². The van der Waals surface area contributed by atoms with Crippen LogP contribution in [-0.2, 0) is 7.05 Å². The van der Waals surface area contributed by atoms with Crippen molar-refractivity contribution >= 4 is 16.8 Å². The van der Waals surface area contributed by atoms with Gasteiger partial charge in [0.1, 0.15) is 0 Å². The molecule has 1 heterocycles. The van der Waals surface area contributed by atoms with Gasteiger partial charge in [-0.15, -0.1) is 0 Å². The number of nitrogens with zero attached hydrogens (tertiary/aromatic N) is 1. The Balaban J connectivity index is 2.23. The van der Waals surface area contributed by atoms with Crippen LogP contribution in [0.15, 0.2) is 30.5 Å². The number of aromatic nitrogens is 1. The fraction of sp³-hybridized carbons (Fsp3) is 0.357. The van der Waals surface area contributed by atoms with Crippen molar-refractivity contribution < 1.29 is 9.90 Å². The fourth-order valence-corrected chi connectivity index (χ4v) is 1.97. The second-order valence-corrected chi connectivity index (χ2v) is 4.44. The highest BCUT2D eigenvalue weighted by atomic mass is 16.3. The molecule has 2 N–H and O–H groups in total. The van der Waals surface area contributed by atoms with Crippen molar-refractivity contribution in [3.8, 4) is 0 Å². The zero-order valence-electron chi connectivity index (χ0n) is 10.7. The molecule has 0 aliphatic rings. The fourth-order valence-electron chi connectivity index (χ4n) is 1.97. The predicted octanol–water partition coefficient (Wildman–Crippen LogP) is 1.68. The number of carbonyl (C=O) groups excluding carboxylic acids is 1. The molecule has 2 rings (SSSR count). The summed E-state index contributed by atoms with van der Waals surface area (Å²) in [6, 6.07) is 7.78. The van der Waals surface area contributed by atoms with Crippen molar-refractivity contribution in [3.63, 3.8) is 0 Å². The second-order valence-electron chi connectivity index (χ2n) is 4.44. The Morgan fingerprint density at radius 1 is 1.44 bits per heavy atom. The molecule has 1 aromatic heterocycles. The highest BCUT2D eigenvalue weighted by Crippen LogP contribution is 2.19. The summed E-state index contributed by atoms with van der Waals surface area (Å²) in [4.78, 5) is 12.1. The second kappa shape index (κ2) is 5.23. The number of amides is 1. The molecule has 0 saturated carbocycles. The SMILES string of the molecule is CCC(O)CNC(=O)c1cn(C)c2ccccc12. The third kappa shape index (κ3) is 2.38. The first-order chi connectivity index (χ1) is 8.63. The molecule has 0 aliphatic carbocycles. The van der Waals surface area contributed by atoms with Gasteiger partial charge in [0.2, 0.25) is 0 Å². The van der Waals surface area contributed by atoms with E-state index in [1.807, 2.05) is 49.0 Å². The van der Waals surface area contributed by atoms with Crippen molar-refractivity contribution in [3.05, 3.63) is 36.0 Å². The van der Waals surface area contributed by atoms with Crippen molar-refractivity contribution in [1.29, 1.82) is 0 Å². The lowest BCUT2D eigenvalue weighted by Gasteiger charge is -2.08. The monoisotopic (exact) mass is 246 g/mol. The molecule has 18 heavy (non-hydrogen) atoms. The van der Waals surface area contributed by atoms with Gasteiger partial charge < -0.3 is 15.0 Å². The molecule has 0 aliphatic heterocycles. The number of aryl methyl sites for hydroxylation is 1. The number of fused-ring (bicyclic) bond motifs is 1. The molecule has 1 aromatic carbocycles. The van der Waals surface area contributed by atoms with Gasteiger partial charge in [-0.1, -0.05) is 25.1 Å². The van der Waals surface area contributed by atoms with Gasteiger partial charge in [0.15, 0.2) is 0 Å². The van der Waals surface area contributed by atoms with E-state index in [2.05, 4.69) is 5.32 Å². The number of carbonyl (C=O) groups is 1. The topological polar surface area (TPSA) is 54.3 Å². The summed E-state index contributed by atoms with van der Waals surface area (Å²) >= 11 is 0. The molecular formula is C14H18N2O2. The van der Waals surface area contributed by atoms with E-state index in [-0.39, 0.29) is 5.91 Å². The number of aliphatic hydroxyl groups is 1. The number of para-hydroxylation sites is 1. The standard InChI is InChI=1S/C14H18N2O2/c1-3-10(17)8-15-14(18)12-9-16(2)13-7-5-4-6-11(12)13/h4-7,9-10,17H,3,8H2,1-2H3,(H,15,18). The smallest absolute Gasteiger partial charge is 0.253 e. The lowest BCUT2D eigenvalue weighted by molar-refractivity contribution is 0.0915. The molecule has 0 radical (unpaired) electrons. The molecule has 0 fully saturated rings. The van der Waals surface area contributed by atoms with Crippen molar-refractivity contribution in [1.82, 2.24) is 9.88 Å². The van der Waals surface area contributed by atoms with E-state index in [4.69, 9.17) is 0 Å². The number of hydrogen-bond donors (Lipinski definition) is 2. The summed E-state index contributed by atoms with van der Waals surface area (Å²) < 4.78 is 1.93. The number of hydrogen-bond acceptors (Lipinski definition) is 2. The van der Waals surface area contributed by atoms with Crippen LogP contribution in [0.2, 0.25) is 0 Å². The van der Waals surface area contributed by atoms with Crippen LogP contribution in [0.4, 0.5) is 0 Å². The first-order valence-electron chi connectivity index (χ1n) is 6.13. The maximum atomic E-state index is 12.1. The van der Waals surface area contributed by atoms with Gasteiger partial charge in [-0.3, -0.25) is 4.79 Å². The summed E-state index contributed by atoms with van der Waals surface area (Å²) in [5.41, 5.74) is 1.68. The van der Waals surface area contributed by atoms with Crippen molar-refractivity contribution in [2.45, 2.75) is 19.4 Å². The van der Waals surface area contributed by atoms with Gasteiger partial charge in [0.25, 0.3) is 5.91 Å². The Kier molecular flexibility index (Phi) is 3.67. The van der Waals surface area contributed by atoms with Crippen LogP contribution in [0.5, 0.6) is 0 Å². The Hall–Kier alpha value is -1.81. The molecular weight excluding hydrogens is 228 g/mol. The third-order valence-electron chi connectivity index (χ3n) is 3.11. The zero-order valence-corrected chi connectivity index (χ0v) is 10.7. The van der Waals surface area contributed by atoms with Crippen LogP contribution in [-0.4, -0.2) is 28.2 Å². The van der Waals surface area contributed by atoms with E-state index in [0.717, 1.165) is 10.9 Å². The molecule has 0 saturated heterocycles. The Morgan fingerprint density at radius 2 is 2.17 bits per heavy atom. The van der Waals surface area contributed by atoms with Crippen LogP contribution in [0.3, 0.4) is 0 Å². The maximum absolute atomic E-state index is 12.1. The lowest BCUT2D eigenvalue weighted by atomic mass is 10.1. The van der Waals surface area contributed by atoms with Gasteiger partial charge in [-0.05, 0) is 12.5 Å². The highest BCUT2D eigenvalue weighted by Gasteiger charge is 2.13. The molecule has 1 amide bonds. The first kappa shape index (κ1) is 12.6. The quantitative estimate of drug-likeness (QED) is 0.862. The van der Waals surface area contributed by atoms with E-state index in [1.165, 1.54) is 0 Å². The molecule has 0 spiro atoms. The average Bonchev–Trinajstić information content (AvgIpc) is 2.74. The van der Waals surface area contributed by atoms with E-state index < -0.39 is 6.10 Å². The lowest BCUT2D eigenvalue weighted by Crippen LogP contribution is -2.31. The third-order valence-corrected chi connectivity index (χ3v) is 3.11. The largest absolute Gasteiger partial charge is 0.391 e. The zero-order chi connectivity index (χ0) is 13.1. The van der Waals surface area contributed by atoms with Gasteiger partial charge in [0.05, 0.1) is 11.7 Å². The normalized spacial score (nSPS) is 12.6. The number of rotatable bonds is 4. The van der Waals surface area contributed by atoms with Crippen LogP contribution >= 0.6 is 0 Å². The van der Waals surface area contributed by atoms with Gasteiger partial charge in [0, 0.05) is 30.7 Å². The molecule has 4 heteroatoms. The van der Waals surface area contributed by atoms with Gasteiger partial charge >= 0.3 is 0 Å². The molecule has 1 unspecified atom stereocenters.